The van der Waals surface area contributed by atoms with E-state index >= 15 is 0 Å². The average molecular weight is 561 g/mol. The molecule has 0 atom stereocenters. The number of hydrogen-bond donors (Lipinski definition) is 0. The monoisotopic (exact) mass is 561 g/mol. The summed E-state index contributed by atoms with van der Waals surface area (Å²) in [5, 5.41) is 22.9. The van der Waals surface area contributed by atoms with Crippen molar-refractivity contribution in [2.24, 2.45) is 0 Å². The molecule has 0 aliphatic rings. The van der Waals surface area contributed by atoms with Gasteiger partial charge in [0.25, 0.3) is 11.4 Å². The first kappa shape index (κ1) is 26.5. The van der Waals surface area contributed by atoms with Crippen molar-refractivity contribution in [3.05, 3.63) is 110 Å². The van der Waals surface area contributed by atoms with Crippen molar-refractivity contribution >= 4 is 33.2 Å². The third-order valence-corrected chi connectivity index (χ3v) is 6.09. The zero-order valence-corrected chi connectivity index (χ0v) is 19.7. The van der Waals surface area contributed by atoms with Crippen LogP contribution in [0.25, 0.3) is 27.5 Å². The van der Waals surface area contributed by atoms with Crippen LogP contribution in [0.2, 0.25) is 0 Å². The van der Waals surface area contributed by atoms with Crippen molar-refractivity contribution in [2.75, 3.05) is 0 Å². The van der Waals surface area contributed by atoms with E-state index in [2.05, 4.69) is 0 Å². The fraction of sp³-hybridized carbons (Fsp3) is 0.0769. The Kier molecular flexibility index (Phi) is 6.12. The third-order valence-electron chi connectivity index (χ3n) is 6.09. The SMILES string of the molecule is O=[N+]([O-])c1ccc(Oc2ccc3c(c2)c2ccccc2n3-c2ccc([N+](=O)[O-])cc2C(F)(F)F)c(C(F)(F)F)c1. The summed E-state index contributed by atoms with van der Waals surface area (Å²) >= 11 is 0. The molecular formula is C26H13F6N3O5. The fourth-order valence-corrected chi connectivity index (χ4v) is 4.40. The molecule has 0 bridgehead atoms. The van der Waals surface area contributed by atoms with Crippen molar-refractivity contribution in [3.8, 4) is 17.2 Å². The summed E-state index contributed by atoms with van der Waals surface area (Å²) in [5.41, 5.74) is -4.08. The Morgan fingerprint density at radius 1 is 0.650 bits per heavy atom. The summed E-state index contributed by atoms with van der Waals surface area (Å²) in [7, 11) is 0. The molecule has 0 aliphatic heterocycles. The summed E-state index contributed by atoms with van der Waals surface area (Å²) in [6.07, 6.45) is -9.93. The molecule has 0 saturated carbocycles. The number of rotatable bonds is 5. The zero-order valence-electron chi connectivity index (χ0n) is 19.7. The molecule has 0 amide bonds. The number of nitro benzene ring substituents is 2. The highest BCUT2D eigenvalue weighted by atomic mass is 19.4. The minimum Gasteiger partial charge on any atom is -0.457 e. The molecule has 0 unspecified atom stereocenters. The van der Waals surface area contributed by atoms with Crippen molar-refractivity contribution in [3.63, 3.8) is 0 Å². The zero-order chi connectivity index (χ0) is 29.0. The van der Waals surface area contributed by atoms with Crippen LogP contribution in [0.4, 0.5) is 37.7 Å². The lowest BCUT2D eigenvalue weighted by molar-refractivity contribution is -0.385. The summed E-state index contributed by atoms with van der Waals surface area (Å²) in [4.78, 5) is 20.2. The Morgan fingerprint density at radius 2 is 1.23 bits per heavy atom. The summed E-state index contributed by atoms with van der Waals surface area (Å²) < 4.78 is 89.6. The van der Waals surface area contributed by atoms with E-state index in [1.54, 1.807) is 18.2 Å². The van der Waals surface area contributed by atoms with E-state index in [9.17, 15) is 46.6 Å². The van der Waals surface area contributed by atoms with Gasteiger partial charge in [-0.15, -0.1) is 0 Å². The van der Waals surface area contributed by atoms with E-state index in [1.807, 2.05) is 0 Å². The summed E-state index contributed by atoms with van der Waals surface area (Å²) in [5.74, 6) is -0.828. The number of hydrogen-bond acceptors (Lipinski definition) is 5. The van der Waals surface area contributed by atoms with Gasteiger partial charge in [-0.05, 0) is 36.4 Å². The van der Waals surface area contributed by atoms with Gasteiger partial charge in [0, 0.05) is 35.0 Å². The summed E-state index contributed by atoms with van der Waals surface area (Å²) in [6, 6.07) is 14.5. The molecule has 1 aromatic heterocycles. The molecule has 5 aromatic rings. The molecule has 4 aromatic carbocycles. The van der Waals surface area contributed by atoms with Crippen molar-refractivity contribution in [1.29, 1.82) is 0 Å². The number of para-hydroxylation sites is 1. The van der Waals surface area contributed by atoms with E-state index in [1.165, 1.54) is 28.8 Å². The quantitative estimate of drug-likeness (QED) is 0.122. The Morgan fingerprint density at radius 3 is 1.85 bits per heavy atom. The lowest BCUT2D eigenvalue weighted by Crippen LogP contribution is -2.11. The van der Waals surface area contributed by atoms with Gasteiger partial charge < -0.3 is 9.30 Å². The lowest BCUT2D eigenvalue weighted by Gasteiger charge is -2.16. The highest BCUT2D eigenvalue weighted by Crippen LogP contribution is 2.43. The maximum Gasteiger partial charge on any atom is 0.420 e. The second-order valence-corrected chi connectivity index (χ2v) is 8.53. The van der Waals surface area contributed by atoms with E-state index in [0.29, 0.717) is 28.4 Å². The van der Waals surface area contributed by atoms with Crippen LogP contribution in [0, 0.1) is 20.2 Å². The Hall–Kier alpha value is -5.14. The van der Waals surface area contributed by atoms with Crippen LogP contribution in [0.15, 0.2) is 78.9 Å². The predicted octanol–water partition coefficient (Wildman–Crippen LogP) is 8.43. The number of aromatic nitrogens is 1. The molecule has 40 heavy (non-hydrogen) atoms. The normalized spacial score (nSPS) is 12.2. The van der Waals surface area contributed by atoms with E-state index in [0.717, 1.165) is 24.3 Å². The van der Waals surface area contributed by atoms with Crippen molar-refractivity contribution < 1.29 is 40.9 Å². The maximum atomic E-state index is 14.0. The highest BCUT2D eigenvalue weighted by Gasteiger charge is 2.37. The molecule has 0 saturated heterocycles. The molecule has 1 heterocycles. The maximum absolute atomic E-state index is 14.0. The van der Waals surface area contributed by atoms with Crippen molar-refractivity contribution in [2.45, 2.75) is 12.4 Å². The Balaban J connectivity index is 1.70. The average Bonchev–Trinajstić information content (AvgIpc) is 3.21. The van der Waals surface area contributed by atoms with Crippen LogP contribution in [0.5, 0.6) is 11.5 Å². The first-order chi connectivity index (χ1) is 18.8. The van der Waals surface area contributed by atoms with E-state index < -0.39 is 56.1 Å². The summed E-state index contributed by atoms with van der Waals surface area (Å²) in [6.45, 7) is 0. The molecule has 0 spiro atoms. The van der Waals surface area contributed by atoms with Gasteiger partial charge in [0.05, 0.1) is 32.1 Å². The van der Waals surface area contributed by atoms with Crippen LogP contribution < -0.4 is 4.74 Å². The minimum absolute atomic E-state index is 0.116. The smallest absolute Gasteiger partial charge is 0.420 e. The van der Waals surface area contributed by atoms with E-state index in [-0.39, 0.29) is 11.3 Å². The van der Waals surface area contributed by atoms with Gasteiger partial charge in [-0.25, -0.2) is 0 Å². The number of benzene rings is 4. The number of nitrogens with zero attached hydrogens (tertiary/aromatic N) is 3. The van der Waals surface area contributed by atoms with Crippen LogP contribution >= 0.6 is 0 Å². The number of non-ortho nitro benzene ring substituents is 2. The van der Waals surface area contributed by atoms with E-state index in [4.69, 9.17) is 4.74 Å². The Labute approximate surface area is 218 Å². The van der Waals surface area contributed by atoms with Gasteiger partial charge in [0.15, 0.2) is 0 Å². The molecule has 0 aliphatic carbocycles. The predicted molar refractivity (Wildman–Crippen MR) is 131 cm³/mol. The van der Waals surface area contributed by atoms with Crippen LogP contribution in [0.1, 0.15) is 11.1 Å². The standard InChI is InChI=1S/C26H13F6N3O5/c27-25(28,29)19-11-14(34(36)37)5-8-23(19)33-21-4-2-1-3-17(21)18-13-16(7-9-22(18)33)40-24-10-6-15(35(38)39)12-20(24)26(30,31)32/h1-13H. The molecule has 0 fully saturated rings. The lowest BCUT2D eigenvalue weighted by atomic mass is 10.1. The third kappa shape index (κ3) is 4.63. The minimum atomic E-state index is -4.98. The van der Waals surface area contributed by atoms with Gasteiger partial charge in [-0.2, -0.15) is 26.3 Å². The number of fused-ring (bicyclic) bond motifs is 3. The second-order valence-electron chi connectivity index (χ2n) is 8.53. The molecule has 0 N–H and O–H groups in total. The van der Waals surface area contributed by atoms with Crippen LogP contribution in [-0.4, -0.2) is 14.4 Å². The van der Waals surface area contributed by atoms with Crippen molar-refractivity contribution in [1.82, 2.24) is 4.57 Å². The van der Waals surface area contributed by atoms with Gasteiger partial charge in [-0.3, -0.25) is 20.2 Å². The first-order valence-electron chi connectivity index (χ1n) is 11.2. The number of ether oxygens (including phenoxy) is 1. The number of alkyl halides is 6. The second kappa shape index (κ2) is 9.25. The van der Waals surface area contributed by atoms with Gasteiger partial charge in [-0.1, -0.05) is 18.2 Å². The first-order valence-corrected chi connectivity index (χ1v) is 11.2. The highest BCUT2D eigenvalue weighted by molar-refractivity contribution is 6.09. The fourth-order valence-electron chi connectivity index (χ4n) is 4.40. The van der Waals surface area contributed by atoms with Gasteiger partial charge >= 0.3 is 12.4 Å². The molecule has 14 heteroatoms. The molecule has 204 valence electrons. The number of halogens is 6. The Bertz CT molecular complexity index is 1830. The molecular weight excluding hydrogens is 548 g/mol. The molecule has 0 radical (unpaired) electrons. The number of nitro groups is 2. The van der Waals surface area contributed by atoms with Gasteiger partial charge in [0.2, 0.25) is 0 Å². The molecule has 5 rings (SSSR count). The van der Waals surface area contributed by atoms with Crippen LogP contribution in [-0.2, 0) is 12.4 Å². The van der Waals surface area contributed by atoms with Gasteiger partial charge in [0.1, 0.15) is 17.1 Å². The largest absolute Gasteiger partial charge is 0.457 e. The molecule has 8 nitrogen and oxygen atoms in total. The topological polar surface area (TPSA) is 100 Å². The van der Waals surface area contributed by atoms with Crippen LogP contribution in [0.3, 0.4) is 0 Å².